The van der Waals surface area contributed by atoms with Gasteiger partial charge >= 0.3 is 0 Å². The standard InChI is InChI=1S/C47H35N3O/c1-46(2)37-27-26-31-30-17-9-8-14-28(30)24-25-32(31)40(37)34-19-12-21-36(42(34)47(46,3)4)45-49-43(29-15-6-5-7-16-29)48-44(50-45)35-20-13-23-39-41(35)33-18-10-11-22-38(33)51-39/h5-27H,1-4H3. The fourth-order valence-corrected chi connectivity index (χ4v) is 8.46. The average Bonchev–Trinajstić information content (AvgIpc) is 3.56. The molecular weight excluding hydrogens is 623 g/mol. The Morgan fingerprint density at radius 1 is 0.431 bits per heavy atom. The van der Waals surface area contributed by atoms with Crippen LogP contribution >= 0.6 is 0 Å². The molecule has 0 aliphatic heterocycles. The van der Waals surface area contributed by atoms with Crippen molar-refractivity contribution < 1.29 is 4.42 Å². The van der Waals surface area contributed by atoms with Crippen molar-refractivity contribution in [1.29, 1.82) is 0 Å². The topological polar surface area (TPSA) is 51.8 Å². The zero-order chi connectivity index (χ0) is 34.5. The van der Waals surface area contributed by atoms with Crippen LogP contribution in [0.3, 0.4) is 0 Å². The van der Waals surface area contributed by atoms with Crippen LogP contribution in [-0.2, 0) is 10.8 Å². The molecule has 10 rings (SSSR count). The number of benzene rings is 7. The minimum Gasteiger partial charge on any atom is -0.456 e. The first-order valence-corrected chi connectivity index (χ1v) is 17.6. The van der Waals surface area contributed by atoms with Crippen molar-refractivity contribution in [3.05, 3.63) is 151 Å². The number of hydrogen-bond donors (Lipinski definition) is 0. The van der Waals surface area contributed by atoms with Gasteiger partial charge in [-0.2, -0.15) is 0 Å². The summed E-state index contributed by atoms with van der Waals surface area (Å²) in [5.74, 6) is 1.93. The first-order chi connectivity index (χ1) is 24.8. The summed E-state index contributed by atoms with van der Waals surface area (Å²) < 4.78 is 6.29. The third-order valence-electron chi connectivity index (χ3n) is 11.7. The van der Waals surface area contributed by atoms with E-state index in [1.807, 2.05) is 48.5 Å². The summed E-state index contributed by atoms with van der Waals surface area (Å²) in [5.41, 5.74) is 9.23. The van der Waals surface area contributed by atoms with Crippen LogP contribution in [0.5, 0.6) is 0 Å². The van der Waals surface area contributed by atoms with E-state index >= 15 is 0 Å². The summed E-state index contributed by atoms with van der Waals surface area (Å²) in [6.07, 6.45) is 0. The molecule has 0 radical (unpaired) electrons. The molecule has 0 bridgehead atoms. The van der Waals surface area contributed by atoms with Crippen molar-refractivity contribution in [2.24, 2.45) is 0 Å². The molecule has 0 N–H and O–H groups in total. The summed E-state index contributed by atoms with van der Waals surface area (Å²) in [7, 11) is 0. The lowest BCUT2D eigenvalue weighted by Gasteiger charge is -2.49. The van der Waals surface area contributed by atoms with Crippen molar-refractivity contribution in [3.63, 3.8) is 0 Å². The highest BCUT2D eigenvalue weighted by atomic mass is 16.3. The van der Waals surface area contributed by atoms with E-state index in [0.29, 0.717) is 17.5 Å². The number of furan rings is 1. The molecule has 0 spiro atoms. The molecule has 4 nitrogen and oxygen atoms in total. The van der Waals surface area contributed by atoms with Crippen molar-refractivity contribution in [1.82, 2.24) is 15.0 Å². The van der Waals surface area contributed by atoms with Crippen LogP contribution in [0.1, 0.15) is 38.8 Å². The number of rotatable bonds is 3. The molecule has 0 saturated heterocycles. The van der Waals surface area contributed by atoms with E-state index in [9.17, 15) is 0 Å². The van der Waals surface area contributed by atoms with Gasteiger partial charge in [0.1, 0.15) is 11.2 Å². The van der Waals surface area contributed by atoms with Crippen molar-refractivity contribution in [2.75, 3.05) is 0 Å². The summed E-state index contributed by atoms with van der Waals surface area (Å²) in [6.45, 7) is 9.53. The van der Waals surface area contributed by atoms with Gasteiger partial charge < -0.3 is 4.42 Å². The second-order valence-corrected chi connectivity index (χ2v) is 14.8. The fourth-order valence-electron chi connectivity index (χ4n) is 8.46. The molecule has 0 saturated carbocycles. The van der Waals surface area contributed by atoms with Crippen molar-refractivity contribution in [3.8, 4) is 45.3 Å². The Balaban J connectivity index is 1.28. The summed E-state index contributed by atoms with van der Waals surface area (Å²) in [6, 6.07) is 49.1. The molecular formula is C47H35N3O. The van der Waals surface area contributed by atoms with E-state index in [1.165, 1.54) is 43.8 Å². The van der Waals surface area contributed by atoms with Gasteiger partial charge in [0.15, 0.2) is 17.5 Å². The van der Waals surface area contributed by atoms with Gasteiger partial charge in [0, 0.05) is 32.9 Å². The average molecular weight is 658 g/mol. The number of fused-ring (bicyclic) bond motifs is 10. The van der Waals surface area contributed by atoms with Gasteiger partial charge in [-0.15, -0.1) is 0 Å². The Morgan fingerprint density at radius 3 is 1.90 bits per heavy atom. The molecule has 0 atom stereocenters. The Bertz CT molecular complexity index is 2860. The SMILES string of the molecule is CC1(C)c2ccc3c(ccc4ccccc43)c2-c2cccc(-c3nc(-c4ccccc4)nc(-c4cccc5oc6ccccc6c45)n3)c2C1(C)C. The van der Waals surface area contributed by atoms with Crippen molar-refractivity contribution >= 4 is 43.5 Å². The molecule has 1 aliphatic rings. The fraction of sp³-hybridized carbons (Fsp3) is 0.128. The van der Waals surface area contributed by atoms with Crippen LogP contribution in [-0.4, -0.2) is 15.0 Å². The number of para-hydroxylation sites is 1. The first kappa shape index (κ1) is 29.8. The zero-order valence-electron chi connectivity index (χ0n) is 29.0. The maximum Gasteiger partial charge on any atom is 0.164 e. The first-order valence-electron chi connectivity index (χ1n) is 17.6. The van der Waals surface area contributed by atoms with E-state index in [2.05, 4.69) is 119 Å². The molecule has 0 amide bonds. The lowest BCUT2D eigenvalue weighted by molar-refractivity contribution is 0.300. The number of hydrogen-bond acceptors (Lipinski definition) is 4. The highest BCUT2D eigenvalue weighted by Crippen LogP contribution is 2.57. The van der Waals surface area contributed by atoms with E-state index in [1.54, 1.807) is 0 Å². The molecule has 0 unspecified atom stereocenters. The predicted octanol–water partition coefficient (Wildman–Crippen LogP) is 12.3. The quantitative estimate of drug-likeness (QED) is 0.177. The Hall–Kier alpha value is -6.13. The van der Waals surface area contributed by atoms with Gasteiger partial charge in [0.25, 0.3) is 0 Å². The number of aromatic nitrogens is 3. The van der Waals surface area contributed by atoms with Gasteiger partial charge in [-0.25, -0.2) is 15.0 Å². The van der Waals surface area contributed by atoms with Gasteiger partial charge in [-0.05, 0) is 61.3 Å². The van der Waals surface area contributed by atoms with Gasteiger partial charge in [-0.3, -0.25) is 0 Å². The van der Waals surface area contributed by atoms with Crippen LogP contribution in [0.4, 0.5) is 0 Å². The monoisotopic (exact) mass is 657 g/mol. The van der Waals surface area contributed by atoms with Gasteiger partial charge in [0.2, 0.25) is 0 Å². The van der Waals surface area contributed by atoms with Crippen LogP contribution in [0.15, 0.2) is 144 Å². The lowest BCUT2D eigenvalue weighted by Crippen LogP contribution is -2.44. The van der Waals surface area contributed by atoms with E-state index in [0.717, 1.165) is 38.6 Å². The largest absolute Gasteiger partial charge is 0.456 e. The van der Waals surface area contributed by atoms with Crippen molar-refractivity contribution in [2.45, 2.75) is 38.5 Å². The molecule has 1 aliphatic carbocycles. The third kappa shape index (κ3) is 4.23. The molecule has 51 heavy (non-hydrogen) atoms. The summed E-state index contributed by atoms with van der Waals surface area (Å²) >= 11 is 0. The Kier molecular flexibility index (Phi) is 6.23. The van der Waals surface area contributed by atoms with E-state index in [4.69, 9.17) is 19.4 Å². The highest BCUT2D eigenvalue weighted by Gasteiger charge is 2.48. The predicted molar refractivity (Wildman–Crippen MR) is 210 cm³/mol. The van der Waals surface area contributed by atoms with Crippen LogP contribution in [0, 0.1) is 0 Å². The Morgan fingerprint density at radius 2 is 1.06 bits per heavy atom. The second-order valence-electron chi connectivity index (χ2n) is 14.8. The summed E-state index contributed by atoms with van der Waals surface area (Å²) in [5, 5.41) is 7.12. The van der Waals surface area contributed by atoms with Gasteiger partial charge in [0.05, 0.1) is 0 Å². The second kappa shape index (κ2) is 10.7. The zero-order valence-corrected chi connectivity index (χ0v) is 29.0. The molecule has 2 heterocycles. The molecule has 4 heteroatoms. The molecule has 7 aromatic carbocycles. The number of nitrogens with zero attached hydrogens (tertiary/aromatic N) is 3. The molecule has 2 aromatic heterocycles. The van der Waals surface area contributed by atoms with Gasteiger partial charge in [-0.1, -0.05) is 155 Å². The minimum atomic E-state index is -0.267. The van der Waals surface area contributed by atoms with Crippen LogP contribution in [0.25, 0.3) is 88.8 Å². The minimum absolute atomic E-state index is 0.204. The van der Waals surface area contributed by atoms with E-state index in [-0.39, 0.29) is 10.8 Å². The Labute approximate surface area is 296 Å². The van der Waals surface area contributed by atoms with Crippen LogP contribution < -0.4 is 0 Å². The maximum atomic E-state index is 6.29. The molecule has 0 fully saturated rings. The lowest BCUT2D eigenvalue weighted by atomic mass is 9.54. The smallest absolute Gasteiger partial charge is 0.164 e. The highest BCUT2D eigenvalue weighted by molar-refractivity contribution is 6.14. The summed E-state index contributed by atoms with van der Waals surface area (Å²) in [4.78, 5) is 15.8. The van der Waals surface area contributed by atoms with E-state index < -0.39 is 0 Å². The maximum absolute atomic E-state index is 6.29. The van der Waals surface area contributed by atoms with Crippen LogP contribution in [0.2, 0.25) is 0 Å². The normalized spacial score (nSPS) is 14.6. The molecule has 9 aromatic rings. The third-order valence-corrected chi connectivity index (χ3v) is 11.7. The molecule has 244 valence electrons.